The topological polar surface area (TPSA) is 64.7 Å². The van der Waals surface area contributed by atoms with E-state index in [4.69, 9.17) is 24.4 Å². The quantitative estimate of drug-likeness (QED) is 0.162. The smallest absolute Gasteiger partial charge is 0.227 e. The minimum Gasteiger partial charge on any atom is -0.435 e. The zero-order valence-electron chi connectivity index (χ0n) is 31.8. The van der Waals surface area contributed by atoms with E-state index in [1.165, 1.54) is 11.1 Å². The SMILES string of the molecule is c1ccc(-c2nc(-c3cccc(-c4ccccc4-c4ccccc4)c3)nc(-c3cccc4c(-c5cccc6ccc7nc(-c8ccccc8)oc7c56)cccc34)n2)cc1. The van der Waals surface area contributed by atoms with Crippen LogP contribution < -0.4 is 0 Å². The minimum absolute atomic E-state index is 0.605. The highest BCUT2D eigenvalue weighted by Crippen LogP contribution is 2.41. The van der Waals surface area contributed by atoms with E-state index in [0.29, 0.717) is 23.4 Å². The molecule has 0 unspecified atom stereocenters. The zero-order valence-corrected chi connectivity index (χ0v) is 31.8. The molecule has 59 heavy (non-hydrogen) atoms. The highest BCUT2D eigenvalue weighted by Gasteiger charge is 2.19. The molecule has 0 N–H and O–H groups in total. The van der Waals surface area contributed by atoms with Gasteiger partial charge in [-0.25, -0.2) is 19.9 Å². The molecule has 11 rings (SSSR count). The monoisotopic (exact) mass is 754 g/mol. The van der Waals surface area contributed by atoms with Crippen molar-refractivity contribution in [2.24, 2.45) is 0 Å². The minimum atomic E-state index is 0.605. The summed E-state index contributed by atoms with van der Waals surface area (Å²) in [6.07, 6.45) is 0. The van der Waals surface area contributed by atoms with Crippen molar-refractivity contribution < 1.29 is 4.42 Å². The molecular weight excluding hydrogens is 721 g/mol. The zero-order chi connectivity index (χ0) is 39.1. The van der Waals surface area contributed by atoms with Gasteiger partial charge in [-0.15, -0.1) is 0 Å². The Labute approximate surface area is 341 Å². The Morgan fingerprint density at radius 3 is 1.56 bits per heavy atom. The summed E-state index contributed by atoms with van der Waals surface area (Å²) < 4.78 is 6.57. The Bertz CT molecular complexity index is 3320. The Morgan fingerprint density at radius 2 is 0.814 bits per heavy atom. The van der Waals surface area contributed by atoms with Crippen LogP contribution in [0.2, 0.25) is 0 Å². The van der Waals surface area contributed by atoms with E-state index >= 15 is 0 Å². The first-order valence-corrected chi connectivity index (χ1v) is 19.7. The molecule has 2 aromatic heterocycles. The molecule has 0 aliphatic rings. The number of nitrogens with zero attached hydrogens (tertiary/aromatic N) is 4. The second kappa shape index (κ2) is 14.5. The van der Waals surface area contributed by atoms with Crippen LogP contribution in [0.25, 0.3) is 112 Å². The van der Waals surface area contributed by atoms with Gasteiger partial charge in [0, 0.05) is 27.6 Å². The summed E-state index contributed by atoms with van der Waals surface area (Å²) in [7, 11) is 0. The maximum atomic E-state index is 6.57. The van der Waals surface area contributed by atoms with Gasteiger partial charge in [-0.05, 0) is 73.8 Å². The highest BCUT2D eigenvalue weighted by molar-refractivity contribution is 6.15. The lowest BCUT2D eigenvalue weighted by Gasteiger charge is -2.14. The summed E-state index contributed by atoms with van der Waals surface area (Å²) in [6, 6.07) is 71.1. The number of oxazole rings is 1. The third kappa shape index (κ3) is 6.22. The molecule has 0 spiro atoms. The Morgan fingerprint density at radius 1 is 0.305 bits per heavy atom. The van der Waals surface area contributed by atoms with Crippen molar-refractivity contribution in [1.29, 1.82) is 0 Å². The average molecular weight is 755 g/mol. The van der Waals surface area contributed by atoms with Crippen LogP contribution in [0.3, 0.4) is 0 Å². The van der Waals surface area contributed by atoms with Crippen molar-refractivity contribution >= 4 is 32.6 Å². The van der Waals surface area contributed by atoms with E-state index in [1.807, 2.05) is 72.8 Å². The summed E-state index contributed by atoms with van der Waals surface area (Å²) >= 11 is 0. The van der Waals surface area contributed by atoms with Gasteiger partial charge in [-0.3, -0.25) is 0 Å². The van der Waals surface area contributed by atoms with Gasteiger partial charge in [0.25, 0.3) is 0 Å². The van der Waals surface area contributed by atoms with Crippen LogP contribution in [-0.2, 0) is 0 Å². The van der Waals surface area contributed by atoms with Crippen molar-refractivity contribution in [2.75, 3.05) is 0 Å². The van der Waals surface area contributed by atoms with E-state index in [0.717, 1.165) is 77.2 Å². The molecule has 276 valence electrons. The second-order valence-corrected chi connectivity index (χ2v) is 14.6. The molecule has 9 aromatic carbocycles. The van der Waals surface area contributed by atoms with E-state index in [9.17, 15) is 0 Å². The largest absolute Gasteiger partial charge is 0.435 e. The molecule has 2 heterocycles. The maximum absolute atomic E-state index is 6.57. The molecule has 11 aromatic rings. The normalized spacial score (nSPS) is 11.4. The standard InChI is InChI=1S/C54H34N4O/c1-4-16-35(17-5-1)41-25-10-11-26-42(41)39-23-12-24-40(34-39)52-56-51(37-18-6-2-7-19-37)57-53(58-52)47-31-15-27-43-44(28-14-29-45(43)47)46-30-13-22-36-32-33-48-50(49(36)46)59-54(55-48)38-20-8-3-9-21-38/h1-34H. The number of aromatic nitrogens is 4. The summed E-state index contributed by atoms with van der Waals surface area (Å²) in [5.41, 5.74) is 12.0. The number of benzene rings is 9. The molecule has 0 bridgehead atoms. The van der Waals surface area contributed by atoms with Crippen LogP contribution in [0.5, 0.6) is 0 Å². The molecular formula is C54H34N4O. The van der Waals surface area contributed by atoms with Gasteiger partial charge in [0.1, 0.15) is 5.52 Å². The number of hydrogen-bond donors (Lipinski definition) is 0. The van der Waals surface area contributed by atoms with Gasteiger partial charge in [0.15, 0.2) is 23.1 Å². The fourth-order valence-electron chi connectivity index (χ4n) is 8.20. The maximum Gasteiger partial charge on any atom is 0.227 e. The van der Waals surface area contributed by atoms with Crippen LogP contribution >= 0.6 is 0 Å². The first kappa shape index (κ1) is 34.2. The van der Waals surface area contributed by atoms with Crippen molar-refractivity contribution in [3.8, 4) is 79.0 Å². The fraction of sp³-hybridized carbons (Fsp3) is 0. The first-order chi connectivity index (χ1) is 29.2. The lowest BCUT2D eigenvalue weighted by Crippen LogP contribution is -2.01. The van der Waals surface area contributed by atoms with Gasteiger partial charge in [0.2, 0.25) is 5.89 Å². The molecule has 0 saturated heterocycles. The number of fused-ring (bicyclic) bond motifs is 4. The summed E-state index contributed by atoms with van der Waals surface area (Å²) in [4.78, 5) is 20.4. The Hall–Kier alpha value is -8.02. The number of hydrogen-bond acceptors (Lipinski definition) is 5. The Balaban J connectivity index is 1.08. The van der Waals surface area contributed by atoms with Crippen LogP contribution in [0.1, 0.15) is 0 Å². The van der Waals surface area contributed by atoms with Crippen molar-refractivity contribution in [3.05, 3.63) is 206 Å². The van der Waals surface area contributed by atoms with Crippen molar-refractivity contribution in [3.63, 3.8) is 0 Å². The summed E-state index contributed by atoms with van der Waals surface area (Å²) in [5, 5.41) is 4.24. The average Bonchev–Trinajstić information content (AvgIpc) is 3.77. The molecule has 0 atom stereocenters. The van der Waals surface area contributed by atoms with Gasteiger partial charge < -0.3 is 4.42 Å². The van der Waals surface area contributed by atoms with Gasteiger partial charge in [-0.1, -0.05) is 182 Å². The summed E-state index contributed by atoms with van der Waals surface area (Å²) in [5.74, 6) is 2.44. The van der Waals surface area contributed by atoms with Crippen LogP contribution in [0, 0.1) is 0 Å². The van der Waals surface area contributed by atoms with Crippen molar-refractivity contribution in [2.45, 2.75) is 0 Å². The number of rotatable bonds is 7. The van der Waals surface area contributed by atoms with Crippen LogP contribution in [0.4, 0.5) is 0 Å². The molecule has 5 heteroatoms. The molecule has 0 amide bonds. The highest BCUT2D eigenvalue weighted by atomic mass is 16.3. The lowest BCUT2D eigenvalue weighted by molar-refractivity contribution is 0.623. The third-order valence-electron chi connectivity index (χ3n) is 11.0. The molecule has 0 fully saturated rings. The molecule has 0 saturated carbocycles. The second-order valence-electron chi connectivity index (χ2n) is 14.6. The molecule has 5 nitrogen and oxygen atoms in total. The first-order valence-electron chi connectivity index (χ1n) is 19.7. The third-order valence-corrected chi connectivity index (χ3v) is 11.0. The fourth-order valence-corrected chi connectivity index (χ4v) is 8.20. The van der Waals surface area contributed by atoms with E-state index in [1.54, 1.807) is 0 Å². The van der Waals surface area contributed by atoms with Gasteiger partial charge >= 0.3 is 0 Å². The van der Waals surface area contributed by atoms with Gasteiger partial charge in [0.05, 0.1) is 0 Å². The van der Waals surface area contributed by atoms with Crippen LogP contribution in [0.15, 0.2) is 211 Å². The van der Waals surface area contributed by atoms with E-state index < -0.39 is 0 Å². The van der Waals surface area contributed by atoms with Crippen molar-refractivity contribution in [1.82, 2.24) is 19.9 Å². The van der Waals surface area contributed by atoms with Crippen LogP contribution in [-0.4, -0.2) is 19.9 Å². The summed E-state index contributed by atoms with van der Waals surface area (Å²) in [6.45, 7) is 0. The van der Waals surface area contributed by atoms with Gasteiger partial charge in [-0.2, -0.15) is 0 Å². The predicted octanol–water partition coefficient (Wildman–Crippen LogP) is 14.0. The lowest BCUT2D eigenvalue weighted by atomic mass is 9.92. The predicted molar refractivity (Wildman–Crippen MR) is 240 cm³/mol. The molecule has 0 radical (unpaired) electrons. The van der Waals surface area contributed by atoms with E-state index in [2.05, 4.69) is 133 Å². The Kier molecular flexibility index (Phi) is 8.41. The molecule has 0 aliphatic heterocycles. The van der Waals surface area contributed by atoms with E-state index in [-0.39, 0.29) is 0 Å². The molecule has 0 aliphatic carbocycles.